The maximum atomic E-state index is 12.6. The van der Waals surface area contributed by atoms with Crippen molar-refractivity contribution < 1.29 is 4.21 Å². The normalized spacial score (nSPS) is 41.1. The van der Waals surface area contributed by atoms with Crippen molar-refractivity contribution >= 4 is 9.73 Å². The fraction of sp³-hybridized carbons (Fsp3) is 0.833. The fourth-order valence-electron chi connectivity index (χ4n) is 2.92. The second-order valence-corrected chi connectivity index (χ2v) is 8.70. The first-order valence-electron chi connectivity index (χ1n) is 5.53. The molecule has 1 aliphatic carbocycles. The molecule has 0 radical (unpaired) electrons. The van der Waals surface area contributed by atoms with Crippen molar-refractivity contribution in [3.05, 3.63) is 11.6 Å². The molecule has 2 atom stereocenters. The van der Waals surface area contributed by atoms with Crippen LogP contribution in [0.5, 0.6) is 0 Å². The summed E-state index contributed by atoms with van der Waals surface area (Å²) in [5.41, 5.74) is 1.70. The van der Waals surface area contributed by atoms with Crippen LogP contribution in [0.3, 0.4) is 0 Å². The smallest absolute Gasteiger partial charge is 0.0479 e. The van der Waals surface area contributed by atoms with Gasteiger partial charge in [0.1, 0.15) is 0 Å². The van der Waals surface area contributed by atoms with Crippen molar-refractivity contribution in [1.29, 1.82) is 0 Å². The molecule has 86 valence electrons. The topological polar surface area (TPSA) is 29.4 Å². The van der Waals surface area contributed by atoms with E-state index in [1.54, 1.807) is 7.05 Å². The molecular weight excluding hydrogens is 206 g/mol. The van der Waals surface area contributed by atoms with E-state index in [-0.39, 0.29) is 10.8 Å². The zero-order valence-corrected chi connectivity index (χ0v) is 11.1. The van der Waals surface area contributed by atoms with Gasteiger partial charge in [0, 0.05) is 34.2 Å². The molecule has 0 bridgehead atoms. The van der Waals surface area contributed by atoms with Crippen LogP contribution in [0.25, 0.3) is 0 Å². The minimum atomic E-state index is -2.00. The van der Waals surface area contributed by atoms with Crippen LogP contribution in [0.15, 0.2) is 16.0 Å². The Morgan fingerprint density at radius 3 is 2.47 bits per heavy atom. The van der Waals surface area contributed by atoms with Crippen LogP contribution in [-0.4, -0.2) is 22.8 Å². The average Bonchev–Trinajstić information content (AvgIpc) is 2.79. The van der Waals surface area contributed by atoms with E-state index in [1.165, 1.54) is 5.57 Å². The van der Waals surface area contributed by atoms with Gasteiger partial charge in [-0.3, -0.25) is 0 Å². The molecule has 2 unspecified atom stereocenters. The molecule has 0 amide bonds. The van der Waals surface area contributed by atoms with Gasteiger partial charge in [-0.1, -0.05) is 39.3 Å². The maximum absolute atomic E-state index is 12.6. The van der Waals surface area contributed by atoms with E-state index in [1.807, 2.05) is 0 Å². The third-order valence-corrected chi connectivity index (χ3v) is 6.75. The van der Waals surface area contributed by atoms with Gasteiger partial charge in [-0.15, -0.1) is 0 Å². The van der Waals surface area contributed by atoms with Crippen LogP contribution in [0.1, 0.15) is 27.7 Å². The van der Waals surface area contributed by atoms with E-state index >= 15 is 0 Å². The highest BCUT2D eigenvalue weighted by Crippen LogP contribution is 2.55. The molecule has 1 saturated heterocycles. The second kappa shape index (κ2) is 2.88. The SMILES string of the molecule is CN=S1(=O)CC(C)(C)C2=CC2C(C)(C)C1. The Balaban J connectivity index is 2.46. The number of rotatable bonds is 0. The molecule has 2 nitrogen and oxygen atoms in total. The first-order valence-corrected chi connectivity index (χ1v) is 7.38. The van der Waals surface area contributed by atoms with E-state index in [0.717, 1.165) is 11.5 Å². The third-order valence-electron chi connectivity index (χ3n) is 3.71. The predicted octanol–water partition coefficient (Wildman–Crippen LogP) is 2.71. The Labute approximate surface area is 93.3 Å². The van der Waals surface area contributed by atoms with Crippen molar-refractivity contribution in [3.8, 4) is 0 Å². The lowest BCUT2D eigenvalue weighted by Gasteiger charge is -2.24. The minimum absolute atomic E-state index is 0.0784. The molecule has 1 fully saturated rings. The van der Waals surface area contributed by atoms with Crippen molar-refractivity contribution in [2.75, 3.05) is 18.6 Å². The Bertz CT molecular complexity index is 437. The maximum Gasteiger partial charge on any atom is 0.0479 e. The average molecular weight is 227 g/mol. The van der Waals surface area contributed by atoms with Crippen molar-refractivity contribution in [2.24, 2.45) is 21.1 Å². The standard InChI is InChI=1S/C12H21NOS/c1-11(2)7-15(14,13-5)8-12(3,4)10-6-9(10)11/h6,9H,7-8H2,1-5H3. The van der Waals surface area contributed by atoms with Gasteiger partial charge in [0.25, 0.3) is 0 Å². The largest absolute Gasteiger partial charge is 0.250 e. The lowest BCUT2D eigenvalue weighted by molar-refractivity contribution is 0.356. The van der Waals surface area contributed by atoms with Gasteiger partial charge in [0.05, 0.1) is 0 Å². The zero-order valence-electron chi connectivity index (χ0n) is 10.3. The highest BCUT2D eigenvalue weighted by molar-refractivity contribution is 7.93. The summed E-state index contributed by atoms with van der Waals surface area (Å²) in [5.74, 6) is 2.03. The van der Waals surface area contributed by atoms with E-state index in [2.05, 4.69) is 38.1 Å². The lowest BCUT2D eigenvalue weighted by Crippen LogP contribution is -2.27. The second-order valence-electron chi connectivity index (χ2n) is 6.22. The summed E-state index contributed by atoms with van der Waals surface area (Å²) >= 11 is 0. The van der Waals surface area contributed by atoms with Gasteiger partial charge in [0.2, 0.25) is 0 Å². The summed E-state index contributed by atoms with van der Waals surface area (Å²) in [7, 11) is -0.290. The minimum Gasteiger partial charge on any atom is -0.250 e. The van der Waals surface area contributed by atoms with Gasteiger partial charge in [-0.25, -0.2) is 8.57 Å². The molecule has 1 heterocycles. The highest BCUT2D eigenvalue weighted by Gasteiger charge is 2.51. The van der Waals surface area contributed by atoms with Crippen LogP contribution >= 0.6 is 0 Å². The van der Waals surface area contributed by atoms with Gasteiger partial charge >= 0.3 is 0 Å². The van der Waals surface area contributed by atoms with Gasteiger partial charge in [-0.2, -0.15) is 0 Å². The summed E-state index contributed by atoms with van der Waals surface area (Å²) in [4.78, 5) is 0. The lowest BCUT2D eigenvalue weighted by atomic mass is 9.80. The molecule has 15 heavy (non-hydrogen) atoms. The number of nitrogens with zero attached hydrogens (tertiary/aromatic N) is 1. The fourth-order valence-corrected chi connectivity index (χ4v) is 5.92. The van der Waals surface area contributed by atoms with Gasteiger partial charge in [-0.05, 0) is 10.8 Å². The van der Waals surface area contributed by atoms with Crippen molar-refractivity contribution in [1.82, 2.24) is 0 Å². The molecule has 2 rings (SSSR count). The van der Waals surface area contributed by atoms with Gasteiger partial charge < -0.3 is 0 Å². The Hall–Kier alpha value is -0.310. The Morgan fingerprint density at radius 1 is 1.33 bits per heavy atom. The number of fused-ring (bicyclic) bond motifs is 1. The van der Waals surface area contributed by atoms with Crippen LogP contribution in [0.4, 0.5) is 0 Å². The summed E-state index contributed by atoms with van der Waals surface area (Å²) in [6.07, 6.45) is 2.36. The molecular formula is C12H21NOS. The quantitative estimate of drug-likeness (QED) is 0.585. The van der Waals surface area contributed by atoms with Crippen LogP contribution < -0.4 is 0 Å². The van der Waals surface area contributed by atoms with E-state index in [4.69, 9.17) is 0 Å². The predicted molar refractivity (Wildman–Crippen MR) is 65.4 cm³/mol. The van der Waals surface area contributed by atoms with Crippen LogP contribution in [-0.2, 0) is 9.73 Å². The number of allylic oxidation sites excluding steroid dienone is 2. The molecule has 0 spiro atoms. The highest BCUT2D eigenvalue weighted by atomic mass is 32.2. The van der Waals surface area contributed by atoms with Gasteiger partial charge in [0.15, 0.2) is 0 Å². The first-order chi connectivity index (χ1) is 6.70. The molecule has 0 aromatic heterocycles. The first kappa shape index (κ1) is 11.2. The molecule has 3 heteroatoms. The summed E-state index contributed by atoms with van der Waals surface area (Å²) < 4.78 is 16.8. The van der Waals surface area contributed by atoms with E-state index in [9.17, 15) is 4.21 Å². The summed E-state index contributed by atoms with van der Waals surface area (Å²) in [5, 5.41) is 0. The zero-order chi connectivity index (χ0) is 11.5. The Kier molecular flexibility index (Phi) is 2.14. The molecule has 0 aromatic carbocycles. The van der Waals surface area contributed by atoms with Crippen molar-refractivity contribution in [2.45, 2.75) is 27.7 Å². The van der Waals surface area contributed by atoms with Crippen LogP contribution in [0.2, 0.25) is 0 Å². The van der Waals surface area contributed by atoms with Crippen LogP contribution in [0, 0.1) is 16.7 Å². The number of hydrogen-bond donors (Lipinski definition) is 0. The van der Waals surface area contributed by atoms with E-state index < -0.39 is 9.73 Å². The molecule has 0 N–H and O–H groups in total. The summed E-state index contributed by atoms with van der Waals surface area (Å²) in [6.45, 7) is 8.83. The monoisotopic (exact) mass is 227 g/mol. The Morgan fingerprint density at radius 2 is 1.93 bits per heavy atom. The third kappa shape index (κ3) is 1.75. The molecule has 0 saturated carbocycles. The molecule has 2 aliphatic rings. The molecule has 0 aromatic rings. The summed E-state index contributed by atoms with van der Waals surface area (Å²) in [6, 6.07) is 0. The molecule has 1 aliphatic heterocycles. The number of hydrogen-bond acceptors (Lipinski definition) is 2. The van der Waals surface area contributed by atoms with E-state index in [0.29, 0.717) is 5.92 Å². The van der Waals surface area contributed by atoms with Crippen molar-refractivity contribution in [3.63, 3.8) is 0 Å².